The molecule has 0 spiro atoms. The molecule has 0 saturated heterocycles. The van der Waals surface area contributed by atoms with Crippen molar-refractivity contribution in [2.45, 2.75) is 6.42 Å². The zero-order valence-corrected chi connectivity index (χ0v) is 8.82. The van der Waals surface area contributed by atoms with Crippen LogP contribution in [0.1, 0.15) is 6.42 Å². The molecular weight excluding hydrogens is 212 g/mol. The third-order valence-electron chi connectivity index (χ3n) is 1.60. The molecule has 1 heterocycles. The van der Waals surface area contributed by atoms with Crippen LogP contribution in [0.2, 0.25) is 0 Å². The molecule has 78 valence electrons. The molecule has 0 saturated carbocycles. The second-order valence-electron chi connectivity index (χ2n) is 2.70. The maximum absolute atomic E-state index is 11.4. The zero-order chi connectivity index (χ0) is 11.1. The summed E-state index contributed by atoms with van der Waals surface area (Å²) in [6.07, 6.45) is 3.41. The first-order valence-corrected chi connectivity index (χ1v) is 4.68. The topological polar surface area (TPSA) is 69.0 Å². The number of carbonyl (C=O) groups excluding carboxylic acids is 1. The van der Waals surface area contributed by atoms with Crippen LogP contribution in [0, 0.1) is 11.3 Å². The van der Waals surface area contributed by atoms with E-state index in [2.05, 4.69) is 23.1 Å². The van der Waals surface area contributed by atoms with Crippen LogP contribution in [0.25, 0.3) is 0 Å². The summed E-state index contributed by atoms with van der Waals surface area (Å²) < 4.78 is 1.16. The van der Waals surface area contributed by atoms with E-state index in [1.54, 1.807) is 24.5 Å². The summed E-state index contributed by atoms with van der Waals surface area (Å²) in [7, 11) is 0. The third-order valence-corrected chi connectivity index (χ3v) is 1.98. The normalized spacial score (nSPS) is 9.07. The third kappa shape index (κ3) is 3.87. The minimum atomic E-state index is -0.361. The molecule has 0 unspecified atom stereocenters. The van der Waals surface area contributed by atoms with Crippen molar-refractivity contribution in [3.8, 4) is 6.07 Å². The molecule has 1 N–H and O–H groups in total. The van der Waals surface area contributed by atoms with Crippen molar-refractivity contribution >= 4 is 24.5 Å². The first kappa shape index (κ1) is 11.3. The Morgan fingerprint density at radius 2 is 2.27 bits per heavy atom. The number of thiol groups is 1. The van der Waals surface area contributed by atoms with Gasteiger partial charge in [-0.3, -0.25) is 9.29 Å². The van der Waals surface area contributed by atoms with Gasteiger partial charge >= 0.3 is 6.03 Å². The summed E-state index contributed by atoms with van der Waals surface area (Å²) in [6.45, 7) is 0.288. The molecule has 1 rings (SSSR count). The molecule has 0 atom stereocenters. The predicted molar refractivity (Wildman–Crippen MR) is 59.2 cm³/mol. The minimum Gasteiger partial charge on any atom is -0.307 e. The highest BCUT2D eigenvalue weighted by Crippen LogP contribution is 2.06. The summed E-state index contributed by atoms with van der Waals surface area (Å²) in [5.74, 6) is 0. The monoisotopic (exact) mass is 222 g/mol. The lowest BCUT2D eigenvalue weighted by Gasteiger charge is -2.14. The van der Waals surface area contributed by atoms with E-state index in [1.807, 2.05) is 6.07 Å². The number of aromatic nitrogens is 1. The van der Waals surface area contributed by atoms with Crippen molar-refractivity contribution in [2.24, 2.45) is 0 Å². The maximum atomic E-state index is 11.4. The lowest BCUT2D eigenvalue weighted by Crippen LogP contribution is -2.27. The molecule has 1 aromatic rings. The fourth-order valence-corrected chi connectivity index (χ4v) is 1.03. The number of rotatable bonds is 3. The lowest BCUT2D eigenvalue weighted by atomic mass is 10.4. The van der Waals surface area contributed by atoms with Gasteiger partial charge in [0.05, 0.1) is 12.5 Å². The van der Waals surface area contributed by atoms with Gasteiger partial charge in [-0.15, -0.1) is 0 Å². The van der Waals surface area contributed by atoms with Gasteiger partial charge in [0, 0.05) is 24.6 Å². The highest BCUT2D eigenvalue weighted by Gasteiger charge is 2.08. The number of nitriles is 1. The molecule has 6 heteroatoms. The smallest absolute Gasteiger partial charge is 0.307 e. The summed E-state index contributed by atoms with van der Waals surface area (Å²) in [6, 6.07) is 4.92. The van der Waals surface area contributed by atoms with Gasteiger partial charge < -0.3 is 5.32 Å². The van der Waals surface area contributed by atoms with Crippen molar-refractivity contribution in [2.75, 3.05) is 11.9 Å². The van der Waals surface area contributed by atoms with Crippen molar-refractivity contribution in [3.63, 3.8) is 0 Å². The molecule has 5 nitrogen and oxygen atoms in total. The molecule has 0 radical (unpaired) electrons. The second-order valence-corrected chi connectivity index (χ2v) is 3.18. The number of nitrogens with one attached hydrogen (secondary N) is 1. The summed E-state index contributed by atoms with van der Waals surface area (Å²) in [4.78, 5) is 15.2. The Morgan fingerprint density at radius 1 is 1.60 bits per heavy atom. The summed E-state index contributed by atoms with van der Waals surface area (Å²) in [5, 5.41) is 10.9. The van der Waals surface area contributed by atoms with Crippen LogP contribution in [-0.2, 0) is 0 Å². The Hall–Kier alpha value is -1.74. The largest absolute Gasteiger partial charge is 0.331 e. The van der Waals surface area contributed by atoms with Crippen LogP contribution in [0.15, 0.2) is 24.5 Å². The number of carbonyl (C=O) groups is 1. The van der Waals surface area contributed by atoms with Crippen LogP contribution >= 0.6 is 12.8 Å². The fourth-order valence-electron chi connectivity index (χ4n) is 0.881. The summed E-state index contributed by atoms with van der Waals surface area (Å²) >= 11 is 3.94. The van der Waals surface area contributed by atoms with E-state index >= 15 is 0 Å². The van der Waals surface area contributed by atoms with Crippen LogP contribution in [0.4, 0.5) is 10.5 Å². The van der Waals surface area contributed by atoms with E-state index in [-0.39, 0.29) is 19.0 Å². The Morgan fingerprint density at radius 3 is 2.87 bits per heavy atom. The highest BCUT2D eigenvalue weighted by molar-refractivity contribution is 7.78. The minimum absolute atomic E-state index is 0.257. The van der Waals surface area contributed by atoms with E-state index in [0.717, 1.165) is 4.31 Å². The number of pyridine rings is 1. The zero-order valence-electron chi connectivity index (χ0n) is 7.92. The number of urea groups is 1. The van der Waals surface area contributed by atoms with E-state index in [0.29, 0.717) is 5.69 Å². The molecular formula is C9H10N4OS. The Bertz CT molecular complexity index is 362. The average Bonchev–Trinajstić information content (AvgIpc) is 2.27. The summed E-state index contributed by atoms with van der Waals surface area (Å²) in [5.41, 5.74) is 0.644. The van der Waals surface area contributed by atoms with E-state index in [1.165, 1.54) is 0 Å². The molecule has 0 aromatic carbocycles. The molecule has 0 aliphatic rings. The molecule has 2 amide bonds. The van der Waals surface area contributed by atoms with Gasteiger partial charge in [0.25, 0.3) is 0 Å². The molecule has 0 bridgehead atoms. The van der Waals surface area contributed by atoms with Crippen molar-refractivity contribution < 1.29 is 4.79 Å². The van der Waals surface area contributed by atoms with E-state index in [9.17, 15) is 4.79 Å². The average molecular weight is 222 g/mol. The van der Waals surface area contributed by atoms with Crippen molar-refractivity contribution in [3.05, 3.63) is 24.5 Å². The Labute approximate surface area is 93.3 Å². The Kier molecular flexibility index (Phi) is 4.44. The number of amides is 2. The van der Waals surface area contributed by atoms with Gasteiger partial charge in [0.2, 0.25) is 0 Å². The van der Waals surface area contributed by atoms with Crippen LogP contribution < -0.4 is 5.32 Å². The highest BCUT2D eigenvalue weighted by atomic mass is 32.1. The molecule has 1 aromatic heterocycles. The standard InChI is InChI=1S/C9H10N4OS/c10-4-1-7-13(15)9(14)12-8-2-5-11-6-3-8/h2-3,5-6,15H,1,7H2,(H,11,12,14). The maximum Gasteiger partial charge on any atom is 0.331 e. The van der Waals surface area contributed by atoms with Crippen LogP contribution in [-0.4, -0.2) is 21.9 Å². The SMILES string of the molecule is N#CCCN(S)C(=O)Nc1ccncc1. The fraction of sp³-hybridized carbons (Fsp3) is 0.222. The van der Waals surface area contributed by atoms with Gasteiger partial charge in [-0.1, -0.05) is 12.8 Å². The Balaban J connectivity index is 2.46. The number of nitrogens with zero attached hydrogens (tertiary/aromatic N) is 3. The van der Waals surface area contributed by atoms with Gasteiger partial charge in [-0.2, -0.15) is 5.26 Å². The van der Waals surface area contributed by atoms with Crippen molar-refractivity contribution in [1.29, 1.82) is 5.26 Å². The molecule has 0 aliphatic heterocycles. The lowest BCUT2D eigenvalue weighted by molar-refractivity contribution is 0.239. The van der Waals surface area contributed by atoms with Gasteiger partial charge in [0.1, 0.15) is 0 Å². The van der Waals surface area contributed by atoms with Crippen LogP contribution in [0.5, 0.6) is 0 Å². The number of hydrogen-bond acceptors (Lipinski definition) is 4. The first-order valence-electron chi connectivity index (χ1n) is 4.28. The predicted octanol–water partition coefficient (Wildman–Crippen LogP) is 1.67. The van der Waals surface area contributed by atoms with E-state index < -0.39 is 0 Å². The quantitative estimate of drug-likeness (QED) is 0.764. The van der Waals surface area contributed by atoms with Gasteiger partial charge in [-0.25, -0.2) is 4.79 Å². The van der Waals surface area contributed by atoms with E-state index in [4.69, 9.17) is 5.26 Å². The molecule has 0 fully saturated rings. The van der Waals surface area contributed by atoms with Gasteiger partial charge in [0.15, 0.2) is 0 Å². The second kappa shape index (κ2) is 5.88. The molecule has 15 heavy (non-hydrogen) atoms. The molecule has 0 aliphatic carbocycles. The number of hydrogen-bond donors (Lipinski definition) is 2. The number of anilines is 1. The van der Waals surface area contributed by atoms with Gasteiger partial charge in [-0.05, 0) is 12.1 Å². The van der Waals surface area contributed by atoms with Crippen molar-refractivity contribution in [1.82, 2.24) is 9.29 Å². The first-order chi connectivity index (χ1) is 7.24. The van der Waals surface area contributed by atoms with Crippen LogP contribution in [0.3, 0.4) is 0 Å².